The standard InChI is InChI=1S/C19H23N3O5/c1-13(26-17(23)12-7-14-5-3-2-4-6-14)18-20-21-19(27-18)15-8-10-16(11-9-15)22(24)25/h8-11,13-14H,2-7,12H2,1H3/t13-/m1/s1. The third-order valence-corrected chi connectivity index (χ3v) is 4.90. The topological polar surface area (TPSA) is 108 Å². The molecule has 0 radical (unpaired) electrons. The summed E-state index contributed by atoms with van der Waals surface area (Å²) in [4.78, 5) is 22.3. The van der Waals surface area contributed by atoms with Gasteiger partial charge in [0.2, 0.25) is 5.89 Å². The predicted octanol–water partition coefficient (Wildman–Crippen LogP) is 4.61. The van der Waals surface area contributed by atoms with Crippen LogP contribution in [0, 0.1) is 16.0 Å². The lowest BCUT2D eigenvalue weighted by Crippen LogP contribution is -2.13. The van der Waals surface area contributed by atoms with Gasteiger partial charge in [-0.25, -0.2) is 0 Å². The average molecular weight is 373 g/mol. The number of nitrogens with zero attached hydrogens (tertiary/aromatic N) is 3. The maximum atomic E-state index is 12.1. The van der Waals surface area contributed by atoms with Crippen molar-refractivity contribution in [3.63, 3.8) is 0 Å². The molecule has 27 heavy (non-hydrogen) atoms. The van der Waals surface area contributed by atoms with Crippen molar-refractivity contribution < 1.29 is 18.9 Å². The number of hydrogen-bond acceptors (Lipinski definition) is 7. The molecule has 8 nitrogen and oxygen atoms in total. The van der Waals surface area contributed by atoms with E-state index >= 15 is 0 Å². The molecule has 0 saturated heterocycles. The van der Waals surface area contributed by atoms with Crippen LogP contribution >= 0.6 is 0 Å². The zero-order valence-electron chi connectivity index (χ0n) is 15.3. The number of nitro benzene ring substituents is 1. The van der Waals surface area contributed by atoms with Gasteiger partial charge in [0.15, 0.2) is 6.10 Å². The highest BCUT2D eigenvalue weighted by Gasteiger charge is 2.21. The van der Waals surface area contributed by atoms with Crippen LogP contribution in [0.5, 0.6) is 0 Å². The summed E-state index contributed by atoms with van der Waals surface area (Å²) in [6.45, 7) is 1.69. The van der Waals surface area contributed by atoms with Crippen LogP contribution < -0.4 is 0 Å². The van der Waals surface area contributed by atoms with Crippen molar-refractivity contribution in [3.05, 3.63) is 40.3 Å². The first-order chi connectivity index (χ1) is 13.0. The minimum absolute atomic E-state index is 0.0150. The maximum Gasteiger partial charge on any atom is 0.306 e. The molecule has 1 fully saturated rings. The Labute approximate surface area is 157 Å². The van der Waals surface area contributed by atoms with Crippen molar-refractivity contribution in [1.29, 1.82) is 0 Å². The summed E-state index contributed by atoms with van der Waals surface area (Å²) in [6, 6.07) is 5.81. The van der Waals surface area contributed by atoms with Crippen LogP contribution in [0.1, 0.15) is 63.9 Å². The van der Waals surface area contributed by atoms with Gasteiger partial charge in [0.1, 0.15) is 0 Å². The van der Waals surface area contributed by atoms with E-state index in [1.807, 2.05) is 0 Å². The van der Waals surface area contributed by atoms with E-state index in [4.69, 9.17) is 9.15 Å². The van der Waals surface area contributed by atoms with E-state index in [0.717, 1.165) is 6.42 Å². The maximum absolute atomic E-state index is 12.1. The Kier molecular flexibility index (Phi) is 6.16. The van der Waals surface area contributed by atoms with E-state index in [-0.39, 0.29) is 23.4 Å². The molecule has 1 atom stereocenters. The molecule has 1 aromatic carbocycles. The van der Waals surface area contributed by atoms with Crippen molar-refractivity contribution in [2.24, 2.45) is 5.92 Å². The van der Waals surface area contributed by atoms with Crippen LogP contribution in [0.25, 0.3) is 11.5 Å². The van der Waals surface area contributed by atoms with E-state index in [1.165, 1.54) is 56.4 Å². The molecule has 0 N–H and O–H groups in total. The number of benzene rings is 1. The molecular formula is C19H23N3O5. The zero-order valence-corrected chi connectivity index (χ0v) is 15.3. The summed E-state index contributed by atoms with van der Waals surface area (Å²) in [5, 5.41) is 18.6. The largest absolute Gasteiger partial charge is 0.453 e. The Bertz CT molecular complexity index is 781. The van der Waals surface area contributed by atoms with Crippen LogP contribution in [0.3, 0.4) is 0 Å². The summed E-state index contributed by atoms with van der Waals surface area (Å²) in [7, 11) is 0. The van der Waals surface area contributed by atoms with Gasteiger partial charge in [-0.1, -0.05) is 32.1 Å². The van der Waals surface area contributed by atoms with Gasteiger partial charge in [0.05, 0.1) is 4.92 Å². The van der Waals surface area contributed by atoms with Crippen LogP contribution in [0.2, 0.25) is 0 Å². The van der Waals surface area contributed by atoms with Gasteiger partial charge in [-0.15, -0.1) is 10.2 Å². The van der Waals surface area contributed by atoms with Gasteiger partial charge >= 0.3 is 5.97 Å². The Hall–Kier alpha value is -2.77. The van der Waals surface area contributed by atoms with E-state index < -0.39 is 11.0 Å². The normalized spacial score (nSPS) is 16.0. The number of aromatic nitrogens is 2. The number of hydrogen-bond donors (Lipinski definition) is 0. The third-order valence-electron chi connectivity index (χ3n) is 4.90. The van der Waals surface area contributed by atoms with Crippen LogP contribution in [0.4, 0.5) is 5.69 Å². The number of nitro groups is 1. The number of rotatable bonds is 7. The lowest BCUT2D eigenvalue weighted by atomic mass is 9.86. The first kappa shape index (κ1) is 19.0. The van der Waals surface area contributed by atoms with E-state index in [2.05, 4.69) is 10.2 Å². The molecule has 1 aromatic heterocycles. The molecule has 1 aliphatic rings. The molecular weight excluding hydrogens is 350 g/mol. The molecule has 3 rings (SSSR count). The summed E-state index contributed by atoms with van der Waals surface area (Å²) < 4.78 is 11.0. The lowest BCUT2D eigenvalue weighted by molar-refractivity contribution is -0.384. The Balaban J connectivity index is 1.53. The highest BCUT2D eigenvalue weighted by molar-refractivity contribution is 5.69. The number of non-ortho nitro benzene ring substituents is 1. The molecule has 0 aliphatic heterocycles. The number of carbonyl (C=O) groups is 1. The smallest absolute Gasteiger partial charge is 0.306 e. The molecule has 0 unspecified atom stereocenters. The van der Waals surface area contributed by atoms with Crippen LogP contribution in [-0.4, -0.2) is 21.1 Å². The molecule has 144 valence electrons. The summed E-state index contributed by atoms with van der Waals surface area (Å²) in [6.07, 6.45) is 6.83. The molecule has 1 heterocycles. The molecule has 1 saturated carbocycles. The summed E-state index contributed by atoms with van der Waals surface area (Å²) in [5.41, 5.74) is 0.550. The quantitative estimate of drug-likeness (QED) is 0.396. The number of ether oxygens (including phenoxy) is 1. The minimum atomic E-state index is -0.636. The first-order valence-corrected chi connectivity index (χ1v) is 9.30. The van der Waals surface area contributed by atoms with Crippen molar-refractivity contribution in [2.45, 2.75) is 58.0 Å². The molecule has 0 spiro atoms. The highest BCUT2D eigenvalue weighted by atomic mass is 16.6. The van der Waals surface area contributed by atoms with E-state index in [1.54, 1.807) is 6.92 Å². The van der Waals surface area contributed by atoms with Gasteiger partial charge in [0, 0.05) is 24.1 Å². The SMILES string of the molecule is C[C@@H](OC(=O)CCC1CCCCC1)c1nnc(-c2ccc([N+](=O)[O-])cc2)o1. The molecule has 1 aliphatic carbocycles. The second-order valence-electron chi connectivity index (χ2n) is 6.92. The van der Waals surface area contributed by atoms with Gasteiger partial charge in [-0.05, 0) is 31.4 Å². The zero-order chi connectivity index (χ0) is 19.2. The molecule has 8 heteroatoms. The fraction of sp³-hybridized carbons (Fsp3) is 0.526. The van der Waals surface area contributed by atoms with Crippen LogP contribution in [0.15, 0.2) is 28.7 Å². The second kappa shape index (κ2) is 8.75. The van der Waals surface area contributed by atoms with Gasteiger partial charge in [0.25, 0.3) is 11.6 Å². The average Bonchev–Trinajstić information content (AvgIpc) is 3.18. The van der Waals surface area contributed by atoms with E-state index in [0.29, 0.717) is 17.9 Å². The Morgan fingerprint density at radius 1 is 1.26 bits per heavy atom. The van der Waals surface area contributed by atoms with Crippen molar-refractivity contribution in [1.82, 2.24) is 10.2 Å². The summed E-state index contributed by atoms with van der Waals surface area (Å²) >= 11 is 0. The molecule has 0 bridgehead atoms. The highest BCUT2D eigenvalue weighted by Crippen LogP contribution is 2.28. The fourth-order valence-corrected chi connectivity index (χ4v) is 3.35. The monoisotopic (exact) mass is 373 g/mol. The minimum Gasteiger partial charge on any atom is -0.453 e. The summed E-state index contributed by atoms with van der Waals surface area (Å²) in [5.74, 6) is 0.793. The Morgan fingerprint density at radius 3 is 2.63 bits per heavy atom. The van der Waals surface area contributed by atoms with Gasteiger partial charge in [-0.2, -0.15) is 0 Å². The number of esters is 1. The van der Waals surface area contributed by atoms with Crippen molar-refractivity contribution >= 4 is 11.7 Å². The number of carbonyl (C=O) groups excluding carboxylic acids is 1. The first-order valence-electron chi connectivity index (χ1n) is 9.30. The predicted molar refractivity (Wildman–Crippen MR) is 96.7 cm³/mol. The van der Waals surface area contributed by atoms with Crippen molar-refractivity contribution in [3.8, 4) is 11.5 Å². The van der Waals surface area contributed by atoms with E-state index in [9.17, 15) is 14.9 Å². The fourth-order valence-electron chi connectivity index (χ4n) is 3.35. The lowest BCUT2D eigenvalue weighted by Gasteiger charge is -2.21. The van der Waals surface area contributed by atoms with Crippen molar-refractivity contribution in [2.75, 3.05) is 0 Å². The second-order valence-corrected chi connectivity index (χ2v) is 6.92. The third kappa shape index (κ3) is 5.12. The van der Waals surface area contributed by atoms with Crippen LogP contribution in [-0.2, 0) is 9.53 Å². The Morgan fingerprint density at radius 2 is 1.96 bits per heavy atom. The van der Waals surface area contributed by atoms with Gasteiger partial charge < -0.3 is 9.15 Å². The van der Waals surface area contributed by atoms with Gasteiger partial charge in [-0.3, -0.25) is 14.9 Å². The molecule has 2 aromatic rings. The molecule has 0 amide bonds.